The number of hydrogen-bond donors (Lipinski definition) is 1. The van der Waals surface area contributed by atoms with Gasteiger partial charge in [-0.05, 0) is 12.1 Å². The Morgan fingerprint density at radius 1 is 1.10 bits per heavy atom. The van der Waals surface area contributed by atoms with E-state index in [1.54, 1.807) is 44.2 Å². The summed E-state index contributed by atoms with van der Waals surface area (Å²) in [6.45, 7) is 3.57. The van der Waals surface area contributed by atoms with Crippen LogP contribution in [-0.4, -0.2) is 14.3 Å². The lowest BCUT2D eigenvalue weighted by Gasteiger charge is -2.11. The molecule has 0 saturated heterocycles. The highest BCUT2D eigenvalue weighted by Gasteiger charge is 2.16. The van der Waals surface area contributed by atoms with Gasteiger partial charge >= 0.3 is 0 Å². The lowest BCUT2D eigenvalue weighted by atomic mass is 10.1. The second-order valence-electron chi connectivity index (χ2n) is 4.74. The van der Waals surface area contributed by atoms with Crippen molar-refractivity contribution in [2.24, 2.45) is 5.92 Å². The molecular formula is C14H14ClNO3S. The van der Waals surface area contributed by atoms with Gasteiger partial charge in [-0.2, -0.15) is 0 Å². The zero-order valence-electron chi connectivity index (χ0n) is 11.1. The maximum absolute atomic E-state index is 11.8. The Morgan fingerprint density at radius 3 is 2.30 bits per heavy atom. The summed E-state index contributed by atoms with van der Waals surface area (Å²) in [5.74, 6) is -0.290. The van der Waals surface area contributed by atoms with Crippen LogP contribution in [0.5, 0.6) is 0 Å². The summed E-state index contributed by atoms with van der Waals surface area (Å²) in [7, 11) is 1.60. The van der Waals surface area contributed by atoms with Crippen molar-refractivity contribution in [1.82, 2.24) is 0 Å². The van der Waals surface area contributed by atoms with E-state index in [0.29, 0.717) is 16.5 Å². The van der Waals surface area contributed by atoms with Gasteiger partial charge in [0.1, 0.15) is 0 Å². The second kappa shape index (κ2) is 5.42. The Morgan fingerprint density at radius 2 is 1.70 bits per heavy atom. The molecule has 0 saturated carbocycles. The van der Waals surface area contributed by atoms with Gasteiger partial charge in [0.05, 0.1) is 4.90 Å². The summed E-state index contributed by atoms with van der Waals surface area (Å²) >= 11 is 0. The largest absolute Gasteiger partial charge is 0.325 e. The minimum absolute atomic E-state index is 0.0392. The highest BCUT2D eigenvalue weighted by molar-refractivity contribution is 8.14. The van der Waals surface area contributed by atoms with Crippen LogP contribution >= 0.6 is 10.7 Å². The van der Waals surface area contributed by atoms with Crippen molar-refractivity contribution in [1.29, 1.82) is 0 Å². The Hall–Kier alpha value is -1.59. The van der Waals surface area contributed by atoms with Crippen LogP contribution in [0.15, 0.2) is 41.3 Å². The predicted octanol–water partition coefficient (Wildman–Crippen LogP) is 3.36. The third-order valence-corrected chi connectivity index (χ3v) is 4.31. The molecule has 2 rings (SSSR count). The van der Waals surface area contributed by atoms with E-state index < -0.39 is 9.05 Å². The molecular weight excluding hydrogens is 298 g/mol. The molecule has 0 fully saturated rings. The average Bonchev–Trinajstić information content (AvgIpc) is 2.37. The minimum atomic E-state index is -3.83. The molecule has 2 aromatic rings. The zero-order chi connectivity index (χ0) is 14.9. The van der Waals surface area contributed by atoms with Crippen molar-refractivity contribution in [2.75, 3.05) is 5.32 Å². The number of carbonyl (C=O) groups is 1. The van der Waals surface area contributed by atoms with Crippen molar-refractivity contribution < 1.29 is 13.2 Å². The molecule has 0 radical (unpaired) electrons. The van der Waals surface area contributed by atoms with E-state index in [-0.39, 0.29) is 16.7 Å². The van der Waals surface area contributed by atoms with Gasteiger partial charge in [-0.3, -0.25) is 4.79 Å². The standard InChI is InChI=1S/C14H14ClNO3S/c1-9(2)14(17)16-12-7-3-6-11-10(12)5-4-8-13(11)20(15,18)19/h3-9H,1-2H3,(H,16,17). The SMILES string of the molecule is CC(C)C(=O)Nc1cccc2c(S(=O)(=O)Cl)cccc12. The number of amides is 1. The fourth-order valence-electron chi connectivity index (χ4n) is 1.88. The van der Waals surface area contributed by atoms with E-state index in [1.807, 2.05) is 0 Å². The van der Waals surface area contributed by atoms with Crippen LogP contribution < -0.4 is 5.32 Å². The highest BCUT2D eigenvalue weighted by Crippen LogP contribution is 2.30. The normalized spacial score (nSPS) is 11.8. The Kier molecular flexibility index (Phi) is 4.01. The summed E-state index contributed by atoms with van der Waals surface area (Å²) in [6.07, 6.45) is 0. The van der Waals surface area contributed by atoms with E-state index >= 15 is 0 Å². The predicted molar refractivity (Wildman–Crippen MR) is 80.5 cm³/mol. The highest BCUT2D eigenvalue weighted by atomic mass is 35.7. The summed E-state index contributed by atoms with van der Waals surface area (Å²) < 4.78 is 23.1. The van der Waals surface area contributed by atoms with Crippen molar-refractivity contribution in [3.8, 4) is 0 Å². The molecule has 1 N–H and O–H groups in total. The average molecular weight is 312 g/mol. The molecule has 0 bridgehead atoms. The van der Waals surface area contributed by atoms with Crippen LogP contribution in [0.2, 0.25) is 0 Å². The van der Waals surface area contributed by atoms with Gasteiger partial charge in [0.2, 0.25) is 5.91 Å². The molecule has 0 unspecified atom stereocenters. The number of benzene rings is 2. The van der Waals surface area contributed by atoms with Gasteiger partial charge in [0.25, 0.3) is 9.05 Å². The van der Waals surface area contributed by atoms with Crippen molar-refractivity contribution in [3.05, 3.63) is 36.4 Å². The summed E-state index contributed by atoms with van der Waals surface area (Å²) in [5.41, 5.74) is 0.573. The monoisotopic (exact) mass is 311 g/mol. The van der Waals surface area contributed by atoms with Crippen LogP contribution in [0, 0.1) is 5.92 Å². The van der Waals surface area contributed by atoms with Gasteiger partial charge in [0.15, 0.2) is 0 Å². The molecule has 4 nitrogen and oxygen atoms in total. The van der Waals surface area contributed by atoms with Crippen LogP contribution in [0.25, 0.3) is 10.8 Å². The molecule has 2 aromatic carbocycles. The van der Waals surface area contributed by atoms with Crippen molar-refractivity contribution in [2.45, 2.75) is 18.7 Å². The lowest BCUT2D eigenvalue weighted by Crippen LogP contribution is -2.17. The quantitative estimate of drug-likeness (QED) is 0.884. The minimum Gasteiger partial charge on any atom is -0.325 e. The molecule has 0 aliphatic heterocycles. The van der Waals surface area contributed by atoms with Gasteiger partial charge in [-0.25, -0.2) is 8.42 Å². The molecule has 0 heterocycles. The number of carbonyl (C=O) groups excluding carboxylic acids is 1. The van der Waals surface area contributed by atoms with Gasteiger partial charge in [0, 0.05) is 33.1 Å². The Balaban J connectivity index is 2.63. The molecule has 1 amide bonds. The van der Waals surface area contributed by atoms with Crippen molar-refractivity contribution in [3.63, 3.8) is 0 Å². The molecule has 6 heteroatoms. The Bertz CT molecular complexity index is 769. The topological polar surface area (TPSA) is 63.2 Å². The third-order valence-electron chi connectivity index (χ3n) is 2.93. The maximum Gasteiger partial charge on any atom is 0.261 e. The van der Waals surface area contributed by atoms with Gasteiger partial charge < -0.3 is 5.32 Å². The number of nitrogens with one attached hydrogen (secondary N) is 1. The number of fused-ring (bicyclic) bond motifs is 1. The van der Waals surface area contributed by atoms with E-state index in [1.165, 1.54) is 6.07 Å². The van der Waals surface area contributed by atoms with E-state index in [9.17, 15) is 13.2 Å². The van der Waals surface area contributed by atoms with Gasteiger partial charge in [-0.1, -0.05) is 38.1 Å². The van der Waals surface area contributed by atoms with Crippen LogP contribution in [0.1, 0.15) is 13.8 Å². The van der Waals surface area contributed by atoms with E-state index in [0.717, 1.165) is 0 Å². The number of hydrogen-bond acceptors (Lipinski definition) is 3. The smallest absolute Gasteiger partial charge is 0.261 e. The molecule has 0 aliphatic rings. The first-order valence-corrected chi connectivity index (χ1v) is 8.39. The first kappa shape index (κ1) is 14.8. The molecule has 0 spiro atoms. The fraction of sp³-hybridized carbons (Fsp3) is 0.214. The Labute approximate surface area is 122 Å². The molecule has 0 aliphatic carbocycles. The summed E-state index contributed by atoms with van der Waals surface area (Å²) in [6, 6.07) is 9.87. The van der Waals surface area contributed by atoms with Crippen molar-refractivity contribution >= 4 is 42.1 Å². The molecule has 0 atom stereocenters. The number of halogens is 1. The van der Waals surface area contributed by atoms with Crippen LogP contribution in [-0.2, 0) is 13.8 Å². The summed E-state index contributed by atoms with van der Waals surface area (Å²) in [5, 5.41) is 3.92. The van der Waals surface area contributed by atoms with E-state index in [2.05, 4.69) is 5.32 Å². The summed E-state index contributed by atoms with van der Waals surface area (Å²) in [4.78, 5) is 11.8. The second-order valence-corrected chi connectivity index (χ2v) is 7.27. The fourth-order valence-corrected chi connectivity index (χ4v) is 2.97. The number of anilines is 1. The van der Waals surface area contributed by atoms with Gasteiger partial charge in [-0.15, -0.1) is 0 Å². The van der Waals surface area contributed by atoms with Crippen LogP contribution in [0.4, 0.5) is 5.69 Å². The van der Waals surface area contributed by atoms with E-state index in [4.69, 9.17) is 10.7 Å². The lowest BCUT2D eigenvalue weighted by molar-refractivity contribution is -0.118. The molecule has 106 valence electrons. The maximum atomic E-state index is 11.8. The third kappa shape index (κ3) is 2.94. The van der Waals surface area contributed by atoms with Crippen LogP contribution in [0.3, 0.4) is 0 Å². The zero-order valence-corrected chi connectivity index (χ0v) is 12.6. The first-order valence-electron chi connectivity index (χ1n) is 6.08. The molecule has 0 aromatic heterocycles. The molecule has 20 heavy (non-hydrogen) atoms. The number of rotatable bonds is 3. The first-order chi connectivity index (χ1) is 9.30.